The molecule has 0 aliphatic carbocycles. The predicted molar refractivity (Wildman–Crippen MR) is 70.2 cm³/mol. The Balaban J connectivity index is 2.47. The van der Waals surface area contributed by atoms with Crippen molar-refractivity contribution < 1.29 is 9.53 Å². The molecular formula is C14H14O2S. The second-order valence-electron chi connectivity index (χ2n) is 3.87. The molecule has 0 saturated heterocycles. The Labute approximate surface area is 105 Å². The second kappa shape index (κ2) is 4.72. The van der Waals surface area contributed by atoms with Crippen molar-refractivity contribution in [3.8, 4) is 5.75 Å². The van der Waals surface area contributed by atoms with Gasteiger partial charge >= 0.3 is 0 Å². The van der Waals surface area contributed by atoms with Gasteiger partial charge in [-0.2, -0.15) is 0 Å². The molecule has 2 rings (SSSR count). The predicted octanol–water partition coefficient (Wildman–Crippen LogP) is 3.60. The monoisotopic (exact) mass is 246 g/mol. The first-order valence-electron chi connectivity index (χ1n) is 5.37. The van der Waals surface area contributed by atoms with Crippen LogP contribution in [0.2, 0.25) is 0 Å². The number of hydrogen-bond donors (Lipinski definition) is 0. The average molecular weight is 246 g/mol. The molecule has 2 nitrogen and oxygen atoms in total. The lowest BCUT2D eigenvalue weighted by Gasteiger charge is -2.11. The summed E-state index contributed by atoms with van der Waals surface area (Å²) >= 11 is 1.47. The van der Waals surface area contributed by atoms with Crippen LogP contribution in [-0.4, -0.2) is 12.9 Å². The van der Waals surface area contributed by atoms with Crippen molar-refractivity contribution in [2.24, 2.45) is 0 Å². The van der Waals surface area contributed by atoms with E-state index in [1.54, 1.807) is 7.11 Å². The van der Waals surface area contributed by atoms with E-state index in [-0.39, 0.29) is 5.78 Å². The molecule has 0 N–H and O–H groups in total. The Morgan fingerprint density at radius 3 is 2.53 bits per heavy atom. The highest BCUT2D eigenvalue weighted by Gasteiger charge is 2.15. The van der Waals surface area contributed by atoms with Crippen LogP contribution in [0.25, 0.3) is 0 Å². The van der Waals surface area contributed by atoms with Gasteiger partial charge in [0.25, 0.3) is 0 Å². The van der Waals surface area contributed by atoms with E-state index < -0.39 is 0 Å². The largest absolute Gasteiger partial charge is 0.496 e. The van der Waals surface area contributed by atoms with E-state index in [1.165, 1.54) is 11.3 Å². The summed E-state index contributed by atoms with van der Waals surface area (Å²) in [5.41, 5.74) is 2.77. The van der Waals surface area contributed by atoms with Crippen LogP contribution in [0, 0.1) is 13.8 Å². The fraction of sp³-hybridized carbons (Fsp3) is 0.214. The Hall–Kier alpha value is -1.61. The summed E-state index contributed by atoms with van der Waals surface area (Å²) < 4.78 is 5.24. The molecule has 0 bridgehead atoms. The molecule has 0 atom stereocenters. The van der Waals surface area contributed by atoms with Gasteiger partial charge in [-0.05, 0) is 48.6 Å². The average Bonchev–Trinajstić information content (AvgIpc) is 2.85. The number of ketones is 1. The molecule has 0 saturated carbocycles. The molecule has 0 unspecified atom stereocenters. The maximum absolute atomic E-state index is 12.2. The van der Waals surface area contributed by atoms with Crippen LogP contribution in [0.5, 0.6) is 5.75 Å². The number of rotatable bonds is 3. The molecule has 88 valence electrons. The SMILES string of the molecule is COc1ccc(C(=O)c2cccs2)c(C)c1C. The molecule has 2 aromatic rings. The van der Waals surface area contributed by atoms with Crippen molar-refractivity contribution >= 4 is 17.1 Å². The lowest BCUT2D eigenvalue weighted by molar-refractivity contribution is 0.104. The van der Waals surface area contributed by atoms with E-state index in [0.29, 0.717) is 0 Å². The van der Waals surface area contributed by atoms with Gasteiger partial charge in [0.1, 0.15) is 5.75 Å². The molecular weight excluding hydrogens is 232 g/mol. The first-order chi connectivity index (χ1) is 8.15. The van der Waals surface area contributed by atoms with Gasteiger partial charge in [0.2, 0.25) is 5.78 Å². The van der Waals surface area contributed by atoms with Crippen LogP contribution in [-0.2, 0) is 0 Å². The minimum Gasteiger partial charge on any atom is -0.496 e. The van der Waals surface area contributed by atoms with E-state index in [9.17, 15) is 4.79 Å². The highest BCUT2D eigenvalue weighted by molar-refractivity contribution is 7.12. The number of hydrogen-bond acceptors (Lipinski definition) is 3. The zero-order valence-corrected chi connectivity index (χ0v) is 10.9. The molecule has 17 heavy (non-hydrogen) atoms. The second-order valence-corrected chi connectivity index (χ2v) is 4.82. The molecule has 0 amide bonds. The summed E-state index contributed by atoms with van der Waals surface area (Å²) in [5.74, 6) is 0.911. The lowest BCUT2D eigenvalue weighted by atomic mass is 9.98. The Bertz CT molecular complexity index is 542. The van der Waals surface area contributed by atoms with Crippen LogP contribution in [0.15, 0.2) is 29.6 Å². The zero-order valence-electron chi connectivity index (χ0n) is 10.1. The van der Waals surface area contributed by atoms with Gasteiger partial charge in [-0.25, -0.2) is 0 Å². The number of methoxy groups -OCH3 is 1. The molecule has 0 aliphatic heterocycles. The standard InChI is InChI=1S/C14H14O2S/c1-9-10(2)12(16-3)7-6-11(9)14(15)13-5-4-8-17-13/h4-8H,1-3H3. The summed E-state index contributed by atoms with van der Waals surface area (Å²) in [6.07, 6.45) is 0. The molecule has 0 spiro atoms. The number of thiophene rings is 1. The van der Waals surface area contributed by atoms with Crippen molar-refractivity contribution in [2.75, 3.05) is 7.11 Å². The third-order valence-corrected chi connectivity index (χ3v) is 3.82. The topological polar surface area (TPSA) is 26.3 Å². The fourth-order valence-electron chi connectivity index (χ4n) is 1.80. The molecule has 0 fully saturated rings. The third kappa shape index (κ3) is 2.11. The summed E-state index contributed by atoms with van der Waals surface area (Å²) in [6.45, 7) is 3.93. The van der Waals surface area contributed by atoms with Gasteiger partial charge in [0, 0.05) is 5.56 Å². The number of carbonyl (C=O) groups excluding carboxylic acids is 1. The molecule has 3 heteroatoms. The normalized spacial score (nSPS) is 10.3. The van der Waals surface area contributed by atoms with Crippen LogP contribution in [0.1, 0.15) is 26.4 Å². The molecule has 1 aromatic carbocycles. The first kappa shape index (κ1) is 11.9. The van der Waals surface area contributed by atoms with Gasteiger partial charge in [0.15, 0.2) is 0 Å². The maximum atomic E-state index is 12.2. The third-order valence-electron chi connectivity index (χ3n) is 2.95. The van der Waals surface area contributed by atoms with E-state index in [2.05, 4.69) is 0 Å². The Morgan fingerprint density at radius 2 is 1.94 bits per heavy atom. The summed E-state index contributed by atoms with van der Waals surface area (Å²) in [6, 6.07) is 7.43. The highest BCUT2D eigenvalue weighted by atomic mass is 32.1. The van der Waals surface area contributed by atoms with Gasteiger partial charge in [-0.1, -0.05) is 6.07 Å². The van der Waals surface area contributed by atoms with Crippen LogP contribution in [0.4, 0.5) is 0 Å². The lowest BCUT2D eigenvalue weighted by Crippen LogP contribution is -2.04. The smallest absolute Gasteiger partial charge is 0.203 e. The number of carbonyl (C=O) groups is 1. The van der Waals surface area contributed by atoms with Crippen LogP contribution < -0.4 is 4.74 Å². The van der Waals surface area contributed by atoms with Gasteiger partial charge in [-0.3, -0.25) is 4.79 Å². The quantitative estimate of drug-likeness (QED) is 0.773. The summed E-state index contributed by atoms with van der Waals surface area (Å²) in [5, 5.41) is 1.92. The minimum absolute atomic E-state index is 0.0863. The molecule has 1 aromatic heterocycles. The van der Waals surface area contributed by atoms with Gasteiger partial charge in [0.05, 0.1) is 12.0 Å². The van der Waals surface area contributed by atoms with E-state index in [0.717, 1.165) is 27.3 Å². The van der Waals surface area contributed by atoms with E-state index >= 15 is 0 Å². The van der Waals surface area contributed by atoms with Crippen molar-refractivity contribution in [1.29, 1.82) is 0 Å². The Kier molecular flexibility index (Phi) is 3.29. The van der Waals surface area contributed by atoms with Crippen molar-refractivity contribution in [3.05, 3.63) is 51.2 Å². The summed E-state index contributed by atoms with van der Waals surface area (Å²) in [7, 11) is 1.64. The van der Waals surface area contributed by atoms with E-state index in [4.69, 9.17) is 4.74 Å². The molecule has 0 radical (unpaired) electrons. The van der Waals surface area contributed by atoms with Crippen molar-refractivity contribution in [1.82, 2.24) is 0 Å². The van der Waals surface area contributed by atoms with Gasteiger partial charge in [-0.15, -0.1) is 11.3 Å². The Morgan fingerprint density at radius 1 is 1.18 bits per heavy atom. The number of benzene rings is 1. The van der Waals surface area contributed by atoms with Crippen molar-refractivity contribution in [3.63, 3.8) is 0 Å². The maximum Gasteiger partial charge on any atom is 0.203 e. The highest BCUT2D eigenvalue weighted by Crippen LogP contribution is 2.26. The number of ether oxygens (including phenoxy) is 1. The molecule has 1 heterocycles. The van der Waals surface area contributed by atoms with Crippen molar-refractivity contribution in [2.45, 2.75) is 13.8 Å². The van der Waals surface area contributed by atoms with Crippen LogP contribution >= 0.6 is 11.3 Å². The summed E-state index contributed by atoms with van der Waals surface area (Å²) in [4.78, 5) is 13.0. The van der Waals surface area contributed by atoms with Gasteiger partial charge < -0.3 is 4.74 Å². The van der Waals surface area contributed by atoms with E-state index in [1.807, 2.05) is 43.5 Å². The zero-order chi connectivity index (χ0) is 12.4. The minimum atomic E-state index is 0.0863. The fourth-order valence-corrected chi connectivity index (χ4v) is 2.48. The van der Waals surface area contributed by atoms with Crippen LogP contribution in [0.3, 0.4) is 0 Å². The first-order valence-corrected chi connectivity index (χ1v) is 6.25. The molecule has 0 aliphatic rings.